The van der Waals surface area contributed by atoms with Crippen LogP contribution in [-0.2, 0) is 11.2 Å². The van der Waals surface area contributed by atoms with Crippen molar-refractivity contribution < 1.29 is 9.18 Å². The maximum atomic E-state index is 15.1. The van der Waals surface area contributed by atoms with Gasteiger partial charge in [-0.05, 0) is 92.0 Å². The number of piperidine rings is 1. The molecule has 1 atom stereocenters. The highest BCUT2D eigenvalue weighted by atomic mass is 19.1. The molecule has 0 radical (unpaired) electrons. The Morgan fingerprint density at radius 1 is 1.03 bits per heavy atom. The summed E-state index contributed by atoms with van der Waals surface area (Å²) < 4.78 is 15.1. The molecule has 33 heavy (non-hydrogen) atoms. The molecule has 5 heteroatoms. The Bertz CT molecular complexity index is 1200. The third kappa shape index (κ3) is 4.19. The maximum Gasteiger partial charge on any atom is 0.150 e. The lowest BCUT2D eigenvalue weighted by atomic mass is 9.68. The summed E-state index contributed by atoms with van der Waals surface area (Å²) in [4.78, 5) is 20.7. The summed E-state index contributed by atoms with van der Waals surface area (Å²) in [6.45, 7) is 0.544. The van der Waals surface area contributed by atoms with Crippen molar-refractivity contribution in [2.24, 2.45) is 17.8 Å². The molecule has 0 bridgehead atoms. The van der Waals surface area contributed by atoms with Crippen molar-refractivity contribution in [1.29, 1.82) is 0 Å². The monoisotopic (exact) mass is 443 g/mol. The van der Waals surface area contributed by atoms with Gasteiger partial charge in [-0.3, -0.25) is 4.79 Å². The van der Waals surface area contributed by atoms with E-state index in [1.165, 1.54) is 19.2 Å². The van der Waals surface area contributed by atoms with E-state index < -0.39 is 0 Å². The van der Waals surface area contributed by atoms with Crippen molar-refractivity contribution in [2.75, 3.05) is 6.54 Å². The Balaban J connectivity index is 1.12. The van der Waals surface area contributed by atoms with E-state index in [9.17, 15) is 4.79 Å². The van der Waals surface area contributed by atoms with Gasteiger partial charge in [0.15, 0.2) is 0 Å². The molecule has 1 aliphatic heterocycles. The van der Waals surface area contributed by atoms with Crippen LogP contribution in [0.25, 0.3) is 22.0 Å². The van der Waals surface area contributed by atoms with Crippen LogP contribution in [0.15, 0.2) is 48.9 Å². The van der Waals surface area contributed by atoms with Crippen LogP contribution in [0.2, 0.25) is 0 Å². The van der Waals surface area contributed by atoms with E-state index in [2.05, 4.69) is 15.3 Å². The van der Waals surface area contributed by atoms with Crippen molar-refractivity contribution in [3.63, 3.8) is 0 Å². The van der Waals surface area contributed by atoms with Gasteiger partial charge in [-0.25, -0.2) is 14.4 Å². The van der Waals surface area contributed by atoms with Crippen molar-refractivity contribution in [3.05, 3.63) is 60.3 Å². The molecular weight excluding hydrogens is 413 g/mol. The summed E-state index contributed by atoms with van der Waals surface area (Å²) in [6, 6.07) is 11.6. The first-order chi connectivity index (χ1) is 16.1. The molecule has 1 saturated heterocycles. The third-order valence-corrected chi connectivity index (χ3v) is 8.32. The second kappa shape index (κ2) is 8.28. The van der Waals surface area contributed by atoms with Gasteiger partial charge in [-0.1, -0.05) is 24.3 Å². The fraction of sp³-hybridized carbons (Fsp3) is 0.464. The average molecular weight is 444 g/mol. The Morgan fingerprint density at radius 3 is 2.61 bits per heavy atom. The highest BCUT2D eigenvalue weighted by Crippen LogP contribution is 2.47. The van der Waals surface area contributed by atoms with Gasteiger partial charge in [-0.15, -0.1) is 0 Å². The summed E-state index contributed by atoms with van der Waals surface area (Å²) in [5.74, 6) is 1.75. The number of benzene rings is 2. The van der Waals surface area contributed by atoms with Gasteiger partial charge in [0.2, 0.25) is 0 Å². The predicted molar refractivity (Wildman–Crippen MR) is 127 cm³/mol. The maximum absolute atomic E-state index is 15.1. The number of carbonyl (C=O) groups excluding carboxylic acids is 1. The number of nitrogens with one attached hydrogen (secondary N) is 1. The highest BCUT2D eigenvalue weighted by molar-refractivity contribution is 5.85. The molecule has 2 aromatic carbocycles. The lowest BCUT2D eigenvalue weighted by Gasteiger charge is -2.46. The minimum atomic E-state index is -0.120. The topological polar surface area (TPSA) is 54.9 Å². The molecule has 2 aliphatic carbocycles. The zero-order valence-electron chi connectivity index (χ0n) is 18.9. The predicted octanol–water partition coefficient (Wildman–Crippen LogP) is 5.50. The van der Waals surface area contributed by atoms with Crippen molar-refractivity contribution in [3.8, 4) is 11.1 Å². The van der Waals surface area contributed by atoms with Gasteiger partial charge in [0.1, 0.15) is 17.9 Å². The molecule has 3 fully saturated rings. The zero-order chi connectivity index (χ0) is 22.4. The third-order valence-electron chi connectivity index (χ3n) is 8.32. The fourth-order valence-electron chi connectivity index (χ4n) is 6.11. The Labute approximate surface area is 194 Å². The normalized spacial score (nSPS) is 27.8. The van der Waals surface area contributed by atoms with Crippen molar-refractivity contribution in [1.82, 2.24) is 15.3 Å². The Kier molecular flexibility index (Phi) is 5.25. The van der Waals surface area contributed by atoms with Gasteiger partial charge >= 0.3 is 0 Å². The zero-order valence-corrected chi connectivity index (χ0v) is 18.9. The molecule has 4 nitrogen and oxygen atoms in total. The average Bonchev–Trinajstić information content (AvgIpc) is 3.69. The quantitative estimate of drug-likeness (QED) is 0.579. The van der Waals surface area contributed by atoms with Crippen LogP contribution in [-0.4, -0.2) is 27.8 Å². The van der Waals surface area contributed by atoms with Crippen molar-refractivity contribution in [2.45, 2.75) is 56.9 Å². The lowest BCUT2D eigenvalue weighted by molar-refractivity contribution is -0.126. The molecule has 1 aromatic heterocycles. The Hall–Kier alpha value is -2.66. The van der Waals surface area contributed by atoms with Crippen LogP contribution >= 0.6 is 0 Å². The number of fused-ring (bicyclic) bond motifs is 1. The highest BCUT2D eigenvalue weighted by Gasteiger charge is 2.47. The van der Waals surface area contributed by atoms with E-state index in [1.54, 1.807) is 12.3 Å². The van der Waals surface area contributed by atoms with Crippen LogP contribution in [0.4, 0.5) is 4.39 Å². The SMILES string of the molecule is O=C1CNC2(CCC(Cc3ccc(-c4ccc5cncnc5c4)cc3F)CC2)CC1C1CC1. The van der Waals surface area contributed by atoms with Crippen LogP contribution in [0.5, 0.6) is 0 Å². The van der Waals surface area contributed by atoms with E-state index in [4.69, 9.17) is 0 Å². The lowest BCUT2D eigenvalue weighted by Crippen LogP contribution is -2.56. The van der Waals surface area contributed by atoms with Gasteiger partial charge < -0.3 is 5.32 Å². The Morgan fingerprint density at radius 2 is 1.82 bits per heavy atom. The van der Waals surface area contributed by atoms with E-state index >= 15 is 4.39 Å². The number of carbonyl (C=O) groups is 1. The van der Waals surface area contributed by atoms with Crippen LogP contribution in [0, 0.1) is 23.6 Å². The minimum absolute atomic E-state index is 0.120. The number of nitrogens with zero attached hydrogens (tertiary/aromatic N) is 2. The van der Waals surface area contributed by atoms with E-state index in [1.807, 2.05) is 30.3 Å². The summed E-state index contributed by atoms with van der Waals surface area (Å²) in [7, 11) is 0. The number of halogens is 1. The standard InChI is InChI=1S/C28H30FN3O/c29-25-12-20(21-4-6-23-15-30-17-31-26(23)13-21)3-5-22(25)11-18-7-9-28(10-8-18)14-24(19-1-2-19)27(33)16-32-28/h3-6,12-13,15,17-19,24,32H,1-2,7-11,14,16H2. The number of hydrogen-bond donors (Lipinski definition) is 1. The number of rotatable bonds is 4. The summed E-state index contributed by atoms with van der Waals surface area (Å²) in [5, 5.41) is 4.58. The van der Waals surface area contributed by atoms with Crippen LogP contribution in [0.1, 0.15) is 50.5 Å². The second-order valence-corrected chi connectivity index (χ2v) is 10.5. The summed E-state index contributed by atoms with van der Waals surface area (Å²) in [6.07, 6.45) is 12.0. The molecule has 6 rings (SSSR count). The van der Waals surface area contributed by atoms with Crippen LogP contribution in [0.3, 0.4) is 0 Å². The number of hydrogen-bond acceptors (Lipinski definition) is 4. The molecule has 2 heterocycles. The van der Waals surface area contributed by atoms with Crippen LogP contribution < -0.4 is 5.32 Å². The molecule has 0 amide bonds. The van der Waals surface area contributed by atoms with Gasteiger partial charge in [0.25, 0.3) is 0 Å². The molecule has 3 aliphatic rings. The smallest absolute Gasteiger partial charge is 0.150 e. The first-order valence-corrected chi connectivity index (χ1v) is 12.3. The van der Waals surface area contributed by atoms with E-state index in [-0.39, 0.29) is 17.3 Å². The van der Waals surface area contributed by atoms with E-state index in [0.29, 0.717) is 24.2 Å². The second-order valence-electron chi connectivity index (χ2n) is 10.5. The molecule has 170 valence electrons. The molecular formula is C28H30FN3O. The number of Topliss-reactive ketones (excluding diaryl/α,β-unsaturated/α-hetero) is 1. The largest absolute Gasteiger partial charge is 0.304 e. The van der Waals surface area contributed by atoms with Gasteiger partial charge in [0, 0.05) is 23.0 Å². The summed E-state index contributed by atoms with van der Waals surface area (Å²) >= 11 is 0. The molecule has 2 saturated carbocycles. The minimum Gasteiger partial charge on any atom is -0.304 e. The first kappa shape index (κ1) is 20.9. The van der Waals surface area contributed by atoms with Gasteiger partial charge in [0.05, 0.1) is 12.1 Å². The van der Waals surface area contributed by atoms with Crippen molar-refractivity contribution >= 4 is 16.7 Å². The van der Waals surface area contributed by atoms with Gasteiger partial charge in [-0.2, -0.15) is 0 Å². The van der Waals surface area contributed by atoms with E-state index in [0.717, 1.165) is 66.1 Å². The number of ketones is 1. The molecule has 1 N–H and O–H groups in total. The fourth-order valence-corrected chi connectivity index (χ4v) is 6.11. The summed E-state index contributed by atoms with van der Waals surface area (Å²) in [5.41, 5.74) is 3.66. The molecule has 1 spiro atoms. The molecule has 3 aromatic rings. The number of aromatic nitrogens is 2. The molecule has 1 unspecified atom stereocenters. The first-order valence-electron chi connectivity index (χ1n) is 12.3.